The Balaban J connectivity index is 1.74. The SMILES string of the molecule is O=C(N/N=C\c1ccc([N+](=O)[O-])o1)c1sc2ccccc2c1Cl. The molecule has 2 heterocycles. The van der Waals surface area contributed by atoms with Crippen molar-refractivity contribution < 1.29 is 14.1 Å². The molecule has 0 saturated heterocycles. The van der Waals surface area contributed by atoms with Gasteiger partial charge in [0.15, 0.2) is 5.76 Å². The number of fused-ring (bicyclic) bond motifs is 1. The van der Waals surface area contributed by atoms with Crippen LogP contribution in [0.25, 0.3) is 10.1 Å². The number of hydrogen-bond donors (Lipinski definition) is 1. The number of benzene rings is 1. The molecule has 3 aromatic rings. The Morgan fingerprint density at radius 2 is 2.13 bits per heavy atom. The molecular weight excluding hydrogens is 342 g/mol. The molecule has 0 spiro atoms. The third kappa shape index (κ3) is 3.08. The first kappa shape index (κ1) is 15.2. The fourth-order valence-electron chi connectivity index (χ4n) is 1.88. The zero-order valence-corrected chi connectivity index (χ0v) is 12.9. The minimum Gasteiger partial charge on any atom is -0.400 e. The van der Waals surface area contributed by atoms with Gasteiger partial charge < -0.3 is 4.42 Å². The number of furan rings is 1. The van der Waals surface area contributed by atoms with Gasteiger partial charge in [-0.25, -0.2) is 5.43 Å². The molecular formula is C14H8ClN3O4S. The molecule has 23 heavy (non-hydrogen) atoms. The van der Waals surface area contributed by atoms with E-state index in [1.54, 1.807) is 0 Å². The first-order valence-corrected chi connectivity index (χ1v) is 7.50. The summed E-state index contributed by atoms with van der Waals surface area (Å²) in [6, 6.07) is 9.97. The van der Waals surface area contributed by atoms with E-state index in [0.717, 1.165) is 10.1 Å². The second kappa shape index (κ2) is 6.19. The molecule has 0 fully saturated rings. The number of carbonyl (C=O) groups excluding carboxylic acids is 1. The highest BCUT2D eigenvalue weighted by Gasteiger charge is 2.16. The second-order valence-corrected chi connectivity index (χ2v) is 5.80. The zero-order valence-electron chi connectivity index (χ0n) is 11.4. The molecule has 0 saturated carbocycles. The van der Waals surface area contributed by atoms with E-state index >= 15 is 0 Å². The third-order valence-corrected chi connectivity index (χ3v) is 4.57. The molecule has 0 aliphatic carbocycles. The van der Waals surface area contributed by atoms with Crippen molar-refractivity contribution in [2.24, 2.45) is 5.10 Å². The molecule has 3 rings (SSSR count). The van der Waals surface area contributed by atoms with E-state index in [1.807, 2.05) is 24.3 Å². The van der Waals surface area contributed by atoms with Crippen molar-refractivity contribution in [3.8, 4) is 0 Å². The summed E-state index contributed by atoms with van der Waals surface area (Å²) in [4.78, 5) is 22.3. The maximum atomic E-state index is 12.1. The van der Waals surface area contributed by atoms with Crippen molar-refractivity contribution in [2.45, 2.75) is 0 Å². The van der Waals surface area contributed by atoms with Crippen molar-refractivity contribution in [1.82, 2.24) is 5.43 Å². The quantitative estimate of drug-likeness (QED) is 0.439. The molecule has 0 bridgehead atoms. The average Bonchev–Trinajstić information content (AvgIpc) is 3.13. The van der Waals surface area contributed by atoms with Crippen LogP contribution in [0.15, 0.2) is 45.9 Å². The number of halogens is 1. The molecule has 9 heteroatoms. The van der Waals surface area contributed by atoms with Gasteiger partial charge >= 0.3 is 5.88 Å². The monoisotopic (exact) mass is 349 g/mol. The van der Waals surface area contributed by atoms with Gasteiger partial charge in [0, 0.05) is 10.1 Å². The van der Waals surface area contributed by atoms with Crippen LogP contribution < -0.4 is 5.43 Å². The summed E-state index contributed by atoms with van der Waals surface area (Å²) >= 11 is 7.45. The van der Waals surface area contributed by atoms with E-state index in [-0.39, 0.29) is 5.76 Å². The molecule has 0 aliphatic rings. The summed E-state index contributed by atoms with van der Waals surface area (Å²) < 4.78 is 5.78. The van der Waals surface area contributed by atoms with Gasteiger partial charge in [-0.15, -0.1) is 11.3 Å². The van der Waals surface area contributed by atoms with Crippen molar-refractivity contribution in [1.29, 1.82) is 0 Å². The van der Waals surface area contributed by atoms with Crippen LogP contribution in [0.1, 0.15) is 15.4 Å². The molecule has 0 atom stereocenters. The predicted molar refractivity (Wildman–Crippen MR) is 87.3 cm³/mol. The highest BCUT2D eigenvalue weighted by Crippen LogP contribution is 2.34. The number of nitrogens with one attached hydrogen (secondary N) is 1. The Morgan fingerprint density at radius 1 is 1.35 bits per heavy atom. The number of nitro groups is 1. The molecule has 116 valence electrons. The number of rotatable bonds is 4. The fraction of sp³-hybridized carbons (Fsp3) is 0. The van der Waals surface area contributed by atoms with Crippen molar-refractivity contribution in [3.05, 3.63) is 62.2 Å². The molecule has 1 amide bonds. The zero-order chi connectivity index (χ0) is 16.4. The number of nitrogens with zero attached hydrogens (tertiary/aromatic N) is 2. The molecule has 0 radical (unpaired) electrons. The summed E-state index contributed by atoms with van der Waals surface area (Å²) in [6.07, 6.45) is 1.17. The summed E-state index contributed by atoms with van der Waals surface area (Å²) in [6.45, 7) is 0. The van der Waals surface area contributed by atoms with Crippen LogP contribution in [0.4, 0.5) is 5.88 Å². The first-order chi connectivity index (χ1) is 11.1. The molecule has 1 aromatic carbocycles. The van der Waals surface area contributed by atoms with Gasteiger partial charge in [0.1, 0.15) is 9.80 Å². The lowest BCUT2D eigenvalue weighted by atomic mass is 10.2. The molecule has 0 aliphatic heterocycles. The van der Waals surface area contributed by atoms with Crippen LogP contribution in [-0.2, 0) is 0 Å². The number of thiophene rings is 1. The number of amides is 1. The minimum atomic E-state index is -0.660. The van der Waals surface area contributed by atoms with Gasteiger partial charge in [-0.05, 0) is 12.1 Å². The van der Waals surface area contributed by atoms with E-state index < -0.39 is 16.7 Å². The molecule has 2 aromatic heterocycles. The van der Waals surface area contributed by atoms with Gasteiger partial charge in [0.25, 0.3) is 5.91 Å². The van der Waals surface area contributed by atoms with Crippen LogP contribution in [-0.4, -0.2) is 17.0 Å². The van der Waals surface area contributed by atoms with E-state index in [1.165, 1.54) is 29.7 Å². The first-order valence-electron chi connectivity index (χ1n) is 6.31. The lowest BCUT2D eigenvalue weighted by Gasteiger charge is -1.96. The predicted octanol–water partition coefficient (Wildman–Crippen LogP) is 3.82. The Morgan fingerprint density at radius 3 is 2.83 bits per heavy atom. The Hall–Kier alpha value is -2.71. The van der Waals surface area contributed by atoms with Gasteiger partial charge in [0.2, 0.25) is 0 Å². The van der Waals surface area contributed by atoms with Crippen LogP contribution in [0, 0.1) is 10.1 Å². The minimum absolute atomic E-state index is 0.152. The Bertz CT molecular complexity index is 931. The average molecular weight is 350 g/mol. The van der Waals surface area contributed by atoms with E-state index in [4.69, 9.17) is 16.0 Å². The van der Waals surface area contributed by atoms with Crippen LogP contribution in [0.5, 0.6) is 0 Å². The standard InChI is InChI=1S/C14H8ClN3O4S/c15-12-9-3-1-2-4-10(9)23-13(12)14(19)17-16-7-8-5-6-11(22-8)18(20)21/h1-7H,(H,17,19)/b16-7-. The second-order valence-electron chi connectivity index (χ2n) is 4.37. The Labute approximate surface area is 138 Å². The molecule has 1 N–H and O–H groups in total. The van der Waals surface area contributed by atoms with E-state index in [9.17, 15) is 14.9 Å². The molecule has 7 nitrogen and oxygen atoms in total. The lowest BCUT2D eigenvalue weighted by molar-refractivity contribution is -0.402. The van der Waals surface area contributed by atoms with Gasteiger partial charge in [0.05, 0.1) is 17.3 Å². The number of carbonyl (C=O) groups is 1. The highest BCUT2D eigenvalue weighted by atomic mass is 35.5. The Kier molecular flexibility index (Phi) is 4.09. The summed E-state index contributed by atoms with van der Waals surface area (Å²) in [5.74, 6) is -0.710. The van der Waals surface area contributed by atoms with E-state index in [0.29, 0.717) is 9.90 Å². The van der Waals surface area contributed by atoms with Crippen molar-refractivity contribution >= 4 is 51.0 Å². The third-order valence-electron chi connectivity index (χ3n) is 2.89. The van der Waals surface area contributed by atoms with Gasteiger partial charge in [-0.3, -0.25) is 14.9 Å². The van der Waals surface area contributed by atoms with Crippen LogP contribution in [0.2, 0.25) is 5.02 Å². The summed E-state index contributed by atoms with van der Waals surface area (Å²) in [5, 5.41) is 15.4. The van der Waals surface area contributed by atoms with Crippen LogP contribution >= 0.6 is 22.9 Å². The van der Waals surface area contributed by atoms with Gasteiger partial charge in [-0.1, -0.05) is 29.8 Å². The number of hydrogen-bond acceptors (Lipinski definition) is 6. The highest BCUT2D eigenvalue weighted by molar-refractivity contribution is 7.21. The number of hydrazone groups is 1. The summed E-state index contributed by atoms with van der Waals surface area (Å²) in [7, 11) is 0. The normalized spacial score (nSPS) is 11.2. The van der Waals surface area contributed by atoms with Crippen molar-refractivity contribution in [3.63, 3.8) is 0 Å². The molecule has 0 unspecified atom stereocenters. The topological polar surface area (TPSA) is 97.7 Å². The van der Waals surface area contributed by atoms with E-state index in [2.05, 4.69) is 10.5 Å². The maximum absolute atomic E-state index is 12.1. The fourth-order valence-corrected chi connectivity index (χ4v) is 3.28. The smallest absolute Gasteiger partial charge is 0.400 e. The lowest BCUT2D eigenvalue weighted by Crippen LogP contribution is -2.16. The van der Waals surface area contributed by atoms with Gasteiger partial charge in [-0.2, -0.15) is 5.10 Å². The largest absolute Gasteiger partial charge is 0.433 e. The van der Waals surface area contributed by atoms with Crippen molar-refractivity contribution in [2.75, 3.05) is 0 Å². The van der Waals surface area contributed by atoms with Crippen LogP contribution in [0.3, 0.4) is 0 Å². The maximum Gasteiger partial charge on any atom is 0.433 e. The summed E-state index contributed by atoms with van der Waals surface area (Å²) in [5.41, 5.74) is 2.31.